The number of rotatable bonds is 4. The highest BCUT2D eigenvalue weighted by Crippen LogP contribution is 2.31. The number of hydrogen-bond acceptors (Lipinski definition) is 4. The van der Waals surface area contributed by atoms with Gasteiger partial charge in [0.1, 0.15) is 16.7 Å². The Morgan fingerprint density at radius 3 is 2.70 bits per heavy atom. The van der Waals surface area contributed by atoms with E-state index < -0.39 is 0 Å². The van der Waals surface area contributed by atoms with Crippen LogP contribution in [-0.4, -0.2) is 10.2 Å². The van der Waals surface area contributed by atoms with Gasteiger partial charge in [-0.15, -0.1) is 0 Å². The maximum Gasteiger partial charge on any atom is 0.263 e. The summed E-state index contributed by atoms with van der Waals surface area (Å²) in [5, 5.41) is 2.61. The van der Waals surface area contributed by atoms with Crippen molar-refractivity contribution in [1.29, 1.82) is 0 Å². The quantitative estimate of drug-likeness (QED) is 0.599. The second-order valence-electron chi connectivity index (χ2n) is 4.81. The van der Waals surface area contributed by atoms with Gasteiger partial charge in [-0.1, -0.05) is 70.2 Å². The molecule has 1 amide bonds. The van der Waals surface area contributed by atoms with E-state index in [0.717, 1.165) is 21.3 Å². The number of nitrogens with one attached hydrogen (secondary N) is 1. The number of thiocarbonyl (C=S) groups is 1. The van der Waals surface area contributed by atoms with Gasteiger partial charge >= 0.3 is 0 Å². The number of amides is 1. The van der Waals surface area contributed by atoms with Crippen molar-refractivity contribution >= 4 is 56.2 Å². The highest BCUT2D eigenvalue weighted by Gasteiger charge is 2.22. The predicted octanol–water partition coefficient (Wildman–Crippen LogP) is 4.52. The smallest absolute Gasteiger partial charge is 0.263 e. The van der Waals surface area contributed by atoms with E-state index in [2.05, 4.69) is 21.2 Å². The Kier molecular flexibility index (Phi) is 5.15. The second kappa shape index (κ2) is 7.29. The van der Waals surface area contributed by atoms with Crippen LogP contribution >= 0.6 is 39.9 Å². The molecule has 2 aromatic rings. The van der Waals surface area contributed by atoms with Crippen molar-refractivity contribution in [2.75, 3.05) is 0 Å². The van der Waals surface area contributed by atoms with Crippen molar-refractivity contribution in [3.05, 3.63) is 69.0 Å². The summed E-state index contributed by atoms with van der Waals surface area (Å²) in [5.41, 5.74) is 1.92. The second-order valence-corrected chi connectivity index (χ2v) is 7.44. The molecule has 0 spiro atoms. The Morgan fingerprint density at radius 1 is 1.22 bits per heavy atom. The third-order valence-electron chi connectivity index (χ3n) is 3.14. The standard InChI is InChI=1S/C17H12BrNO2S2/c18-13-6-7-14(21-10-11-4-2-1-3-5-11)12(8-13)9-15-16(20)19-17(22)23-15/h1-9H,10H2,(H,19,20,22)/b15-9-. The number of benzene rings is 2. The van der Waals surface area contributed by atoms with Crippen LogP contribution in [0.2, 0.25) is 0 Å². The Bertz CT molecular complexity index is 790. The van der Waals surface area contributed by atoms with E-state index >= 15 is 0 Å². The zero-order valence-electron chi connectivity index (χ0n) is 11.9. The highest BCUT2D eigenvalue weighted by molar-refractivity contribution is 9.10. The van der Waals surface area contributed by atoms with Crippen LogP contribution in [0.3, 0.4) is 0 Å². The highest BCUT2D eigenvalue weighted by atomic mass is 79.9. The molecule has 1 saturated heterocycles. The lowest BCUT2D eigenvalue weighted by Crippen LogP contribution is -2.17. The van der Waals surface area contributed by atoms with Gasteiger partial charge in [-0.25, -0.2) is 0 Å². The average molecular weight is 406 g/mol. The minimum Gasteiger partial charge on any atom is -0.488 e. The molecule has 1 heterocycles. The van der Waals surface area contributed by atoms with Gasteiger partial charge in [-0.05, 0) is 29.8 Å². The van der Waals surface area contributed by atoms with E-state index in [0.29, 0.717) is 15.8 Å². The van der Waals surface area contributed by atoms with Crippen molar-refractivity contribution < 1.29 is 9.53 Å². The van der Waals surface area contributed by atoms with E-state index in [1.165, 1.54) is 11.8 Å². The molecular weight excluding hydrogens is 394 g/mol. The fourth-order valence-corrected chi connectivity index (χ4v) is 3.48. The SMILES string of the molecule is O=C1NC(=S)S/C1=C\c1cc(Br)ccc1OCc1ccccc1. The summed E-state index contributed by atoms with van der Waals surface area (Å²) < 4.78 is 7.31. The lowest BCUT2D eigenvalue weighted by Gasteiger charge is -2.10. The summed E-state index contributed by atoms with van der Waals surface area (Å²) in [4.78, 5) is 12.4. The van der Waals surface area contributed by atoms with Crippen molar-refractivity contribution in [1.82, 2.24) is 5.32 Å². The van der Waals surface area contributed by atoms with Gasteiger partial charge < -0.3 is 10.1 Å². The number of carbonyl (C=O) groups excluding carboxylic acids is 1. The molecule has 0 aliphatic carbocycles. The van der Waals surface area contributed by atoms with Crippen molar-refractivity contribution in [3.63, 3.8) is 0 Å². The van der Waals surface area contributed by atoms with E-state index in [1.807, 2.05) is 48.5 Å². The summed E-state index contributed by atoms with van der Waals surface area (Å²) in [6, 6.07) is 15.7. The third-order valence-corrected chi connectivity index (χ3v) is 4.79. The molecule has 0 atom stereocenters. The first-order valence-corrected chi connectivity index (χ1v) is 8.85. The number of carbonyl (C=O) groups is 1. The van der Waals surface area contributed by atoms with Gasteiger partial charge in [0.25, 0.3) is 5.91 Å². The van der Waals surface area contributed by atoms with Gasteiger partial charge in [-0.3, -0.25) is 4.79 Å². The average Bonchev–Trinajstić information content (AvgIpc) is 2.85. The van der Waals surface area contributed by atoms with E-state index in [9.17, 15) is 4.79 Å². The van der Waals surface area contributed by atoms with Crippen molar-refractivity contribution in [3.8, 4) is 5.75 Å². The van der Waals surface area contributed by atoms with Crippen LogP contribution in [0, 0.1) is 0 Å². The lowest BCUT2D eigenvalue weighted by molar-refractivity contribution is -0.115. The maximum atomic E-state index is 11.8. The minimum absolute atomic E-state index is 0.172. The summed E-state index contributed by atoms with van der Waals surface area (Å²) in [5.74, 6) is 0.546. The molecule has 116 valence electrons. The molecule has 6 heteroatoms. The monoisotopic (exact) mass is 405 g/mol. The molecule has 0 bridgehead atoms. The van der Waals surface area contributed by atoms with Gasteiger partial charge in [-0.2, -0.15) is 0 Å². The molecule has 3 rings (SSSR count). The number of thioether (sulfide) groups is 1. The molecule has 0 aromatic heterocycles. The molecule has 1 aliphatic heterocycles. The van der Waals surface area contributed by atoms with Crippen LogP contribution in [0.25, 0.3) is 6.08 Å². The largest absolute Gasteiger partial charge is 0.488 e. The van der Waals surface area contributed by atoms with Crippen LogP contribution in [0.15, 0.2) is 57.9 Å². The Morgan fingerprint density at radius 2 is 2.00 bits per heavy atom. The van der Waals surface area contributed by atoms with E-state index in [4.69, 9.17) is 17.0 Å². The molecule has 2 aromatic carbocycles. The molecule has 3 nitrogen and oxygen atoms in total. The van der Waals surface area contributed by atoms with Crippen LogP contribution < -0.4 is 10.1 Å². The summed E-state index contributed by atoms with van der Waals surface area (Å²) >= 11 is 9.72. The summed E-state index contributed by atoms with van der Waals surface area (Å²) in [6.45, 7) is 0.469. The predicted molar refractivity (Wildman–Crippen MR) is 101 cm³/mol. The minimum atomic E-state index is -0.172. The molecule has 0 unspecified atom stereocenters. The first-order valence-electron chi connectivity index (χ1n) is 6.83. The fraction of sp³-hybridized carbons (Fsp3) is 0.0588. The molecular formula is C17H12BrNO2S2. The lowest BCUT2D eigenvalue weighted by atomic mass is 10.2. The molecule has 1 fully saturated rings. The zero-order chi connectivity index (χ0) is 16.2. The summed E-state index contributed by atoms with van der Waals surface area (Å²) in [7, 11) is 0. The molecule has 0 saturated carbocycles. The molecule has 1 aliphatic rings. The van der Waals surface area contributed by atoms with E-state index in [1.54, 1.807) is 6.08 Å². The van der Waals surface area contributed by atoms with Gasteiger partial charge in [0.2, 0.25) is 0 Å². The van der Waals surface area contributed by atoms with Crippen LogP contribution in [0.4, 0.5) is 0 Å². The zero-order valence-corrected chi connectivity index (χ0v) is 15.1. The Hall–Kier alpha value is -1.63. The first kappa shape index (κ1) is 16.2. The Labute approximate surface area is 152 Å². The van der Waals surface area contributed by atoms with Crippen LogP contribution in [0.1, 0.15) is 11.1 Å². The number of ether oxygens (including phenoxy) is 1. The Balaban J connectivity index is 1.85. The summed E-state index contributed by atoms with van der Waals surface area (Å²) in [6.07, 6.45) is 1.80. The normalized spacial score (nSPS) is 15.8. The van der Waals surface area contributed by atoms with Crippen molar-refractivity contribution in [2.45, 2.75) is 6.61 Å². The van der Waals surface area contributed by atoms with Gasteiger partial charge in [0.15, 0.2) is 0 Å². The topological polar surface area (TPSA) is 38.3 Å². The maximum absolute atomic E-state index is 11.8. The molecule has 1 N–H and O–H groups in total. The van der Waals surface area contributed by atoms with Gasteiger partial charge in [0.05, 0.1) is 4.91 Å². The molecule has 0 radical (unpaired) electrons. The van der Waals surface area contributed by atoms with Crippen LogP contribution in [0.5, 0.6) is 5.75 Å². The van der Waals surface area contributed by atoms with E-state index in [-0.39, 0.29) is 5.91 Å². The van der Waals surface area contributed by atoms with Crippen molar-refractivity contribution in [2.24, 2.45) is 0 Å². The number of halogens is 1. The molecule has 23 heavy (non-hydrogen) atoms. The van der Waals surface area contributed by atoms with Gasteiger partial charge in [0, 0.05) is 10.0 Å². The first-order chi connectivity index (χ1) is 11.1. The number of hydrogen-bond donors (Lipinski definition) is 1. The van der Waals surface area contributed by atoms with Crippen LogP contribution in [-0.2, 0) is 11.4 Å². The fourth-order valence-electron chi connectivity index (χ4n) is 2.06. The third kappa shape index (κ3) is 4.22.